The van der Waals surface area contributed by atoms with Crippen LogP contribution in [0.5, 0.6) is 0 Å². The van der Waals surface area contributed by atoms with E-state index < -0.39 is 0 Å². The first kappa shape index (κ1) is 13.9. The highest BCUT2D eigenvalue weighted by Gasteiger charge is 2.22. The van der Waals surface area contributed by atoms with E-state index in [-0.39, 0.29) is 11.9 Å². The first-order chi connectivity index (χ1) is 9.22. The van der Waals surface area contributed by atoms with Crippen LogP contribution in [0.1, 0.15) is 49.4 Å². The third-order valence-corrected chi connectivity index (χ3v) is 4.01. The van der Waals surface area contributed by atoms with Gasteiger partial charge in [-0.15, -0.1) is 0 Å². The number of hydrogen-bond donors (Lipinski definition) is 3. The molecule has 0 heterocycles. The number of nitrogens with one attached hydrogen (secondary N) is 2. The van der Waals surface area contributed by atoms with Gasteiger partial charge in [-0.1, -0.05) is 38.3 Å². The Morgan fingerprint density at radius 2 is 1.95 bits per heavy atom. The second-order valence-electron chi connectivity index (χ2n) is 5.39. The number of benzene rings is 1. The Labute approximate surface area is 114 Å². The molecule has 1 aromatic rings. The molecule has 1 fully saturated rings. The van der Waals surface area contributed by atoms with E-state index in [1.165, 1.54) is 25.7 Å². The van der Waals surface area contributed by atoms with Gasteiger partial charge in [-0.3, -0.25) is 10.6 Å². The van der Waals surface area contributed by atoms with Crippen molar-refractivity contribution in [1.29, 1.82) is 0 Å². The highest BCUT2D eigenvalue weighted by atomic mass is 16.1. The van der Waals surface area contributed by atoms with Gasteiger partial charge < -0.3 is 10.7 Å². The van der Waals surface area contributed by atoms with Gasteiger partial charge in [-0.2, -0.15) is 0 Å². The molecule has 1 aliphatic rings. The second-order valence-corrected chi connectivity index (χ2v) is 5.39. The van der Waals surface area contributed by atoms with Crippen molar-refractivity contribution >= 4 is 11.6 Å². The molecular formula is C15H23N3O. The van der Waals surface area contributed by atoms with Crippen molar-refractivity contribution in [2.45, 2.75) is 45.1 Å². The first-order valence-electron chi connectivity index (χ1n) is 7.09. The Balaban J connectivity index is 2.07. The van der Waals surface area contributed by atoms with E-state index in [1.54, 1.807) is 6.07 Å². The van der Waals surface area contributed by atoms with Gasteiger partial charge in [-0.05, 0) is 30.9 Å². The maximum Gasteiger partial charge on any atom is 0.253 e. The lowest BCUT2D eigenvalue weighted by molar-refractivity contribution is 0.0922. The quantitative estimate of drug-likeness (QED) is 0.445. The number of hydrazine groups is 1. The Hall–Kier alpha value is -1.55. The molecule has 2 unspecified atom stereocenters. The smallest absolute Gasteiger partial charge is 0.253 e. The summed E-state index contributed by atoms with van der Waals surface area (Å²) in [5.74, 6) is 5.95. The van der Waals surface area contributed by atoms with Crippen LogP contribution in [0, 0.1) is 5.92 Å². The molecule has 1 saturated carbocycles. The normalized spacial score (nSPS) is 23.5. The Morgan fingerprint density at radius 1 is 1.21 bits per heavy atom. The summed E-state index contributed by atoms with van der Waals surface area (Å²) in [5, 5.41) is 3.17. The van der Waals surface area contributed by atoms with Gasteiger partial charge in [0.05, 0.1) is 11.3 Å². The van der Waals surface area contributed by atoms with Crippen LogP contribution in [-0.2, 0) is 0 Å². The molecule has 4 nitrogen and oxygen atoms in total. The number of rotatable bonds is 3. The van der Waals surface area contributed by atoms with E-state index in [1.807, 2.05) is 18.2 Å². The minimum Gasteiger partial charge on any atom is -0.349 e. The number of nitrogen functional groups attached to an aromatic ring is 1. The summed E-state index contributed by atoms with van der Waals surface area (Å²) in [7, 11) is 0. The molecule has 0 spiro atoms. The lowest BCUT2D eigenvalue weighted by Crippen LogP contribution is -2.39. The summed E-state index contributed by atoms with van der Waals surface area (Å²) in [5.41, 5.74) is 3.86. The van der Waals surface area contributed by atoms with Crippen LogP contribution in [-0.4, -0.2) is 11.9 Å². The highest BCUT2D eigenvalue weighted by Crippen LogP contribution is 2.23. The van der Waals surface area contributed by atoms with Crippen LogP contribution in [0.25, 0.3) is 0 Å². The molecule has 19 heavy (non-hydrogen) atoms. The molecule has 0 aliphatic heterocycles. The van der Waals surface area contributed by atoms with Crippen molar-refractivity contribution < 1.29 is 4.79 Å². The molecule has 1 aromatic carbocycles. The predicted molar refractivity (Wildman–Crippen MR) is 77.8 cm³/mol. The van der Waals surface area contributed by atoms with Gasteiger partial charge >= 0.3 is 0 Å². The standard InChI is InChI=1S/C15H23N3O/c1-11-7-3-2-4-9-13(11)17-15(19)12-8-5-6-10-14(12)18-16/h5-6,8,10-11,13,18H,2-4,7,9,16H2,1H3,(H,17,19). The van der Waals surface area contributed by atoms with Crippen molar-refractivity contribution in [3.05, 3.63) is 29.8 Å². The highest BCUT2D eigenvalue weighted by molar-refractivity contribution is 5.99. The van der Waals surface area contributed by atoms with Crippen LogP contribution < -0.4 is 16.6 Å². The summed E-state index contributed by atoms with van der Waals surface area (Å²) in [6, 6.07) is 7.60. The summed E-state index contributed by atoms with van der Waals surface area (Å²) in [4.78, 5) is 12.3. The molecule has 0 saturated heterocycles. The van der Waals surface area contributed by atoms with Gasteiger partial charge in [0.2, 0.25) is 0 Å². The second kappa shape index (κ2) is 6.57. The molecule has 0 radical (unpaired) electrons. The number of amides is 1. The minimum absolute atomic E-state index is 0.0349. The van der Waals surface area contributed by atoms with Crippen LogP contribution in [0.4, 0.5) is 5.69 Å². The molecule has 4 heteroatoms. The van der Waals surface area contributed by atoms with Crippen LogP contribution in [0.3, 0.4) is 0 Å². The number of para-hydroxylation sites is 1. The summed E-state index contributed by atoms with van der Waals surface area (Å²) >= 11 is 0. The minimum atomic E-state index is -0.0349. The Bertz CT molecular complexity index is 433. The first-order valence-corrected chi connectivity index (χ1v) is 7.09. The molecule has 2 rings (SSSR count). The zero-order valence-electron chi connectivity index (χ0n) is 11.5. The van der Waals surface area contributed by atoms with E-state index in [2.05, 4.69) is 17.7 Å². The molecule has 1 amide bonds. The van der Waals surface area contributed by atoms with E-state index >= 15 is 0 Å². The fourth-order valence-electron chi connectivity index (χ4n) is 2.76. The topological polar surface area (TPSA) is 67.2 Å². The fourth-order valence-corrected chi connectivity index (χ4v) is 2.76. The predicted octanol–water partition coefficient (Wildman–Crippen LogP) is 2.67. The van der Waals surface area contributed by atoms with Crippen molar-refractivity contribution in [3.8, 4) is 0 Å². The number of hydrogen-bond acceptors (Lipinski definition) is 3. The van der Waals surface area contributed by atoms with Crippen molar-refractivity contribution in [2.24, 2.45) is 11.8 Å². The Morgan fingerprint density at radius 3 is 2.74 bits per heavy atom. The van der Waals surface area contributed by atoms with Gasteiger partial charge in [0.1, 0.15) is 0 Å². The van der Waals surface area contributed by atoms with Gasteiger partial charge in [0.25, 0.3) is 5.91 Å². The van der Waals surface area contributed by atoms with E-state index in [0.717, 1.165) is 6.42 Å². The van der Waals surface area contributed by atoms with Gasteiger partial charge in [0, 0.05) is 6.04 Å². The number of carbonyl (C=O) groups is 1. The van der Waals surface area contributed by atoms with E-state index in [0.29, 0.717) is 17.2 Å². The maximum atomic E-state index is 12.3. The van der Waals surface area contributed by atoms with Gasteiger partial charge in [0.15, 0.2) is 0 Å². The van der Waals surface area contributed by atoms with Crippen LogP contribution >= 0.6 is 0 Å². The third-order valence-electron chi connectivity index (χ3n) is 4.01. The molecular weight excluding hydrogens is 238 g/mol. The van der Waals surface area contributed by atoms with E-state index in [4.69, 9.17) is 5.84 Å². The third kappa shape index (κ3) is 3.47. The largest absolute Gasteiger partial charge is 0.349 e. The lowest BCUT2D eigenvalue weighted by atomic mass is 9.96. The van der Waals surface area contributed by atoms with Crippen LogP contribution in [0.2, 0.25) is 0 Å². The summed E-state index contributed by atoms with van der Waals surface area (Å²) in [6.45, 7) is 2.23. The molecule has 0 aromatic heterocycles. The zero-order chi connectivity index (χ0) is 13.7. The van der Waals surface area contributed by atoms with Crippen molar-refractivity contribution in [2.75, 3.05) is 5.43 Å². The average Bonchev–Trinajstić information content (AvgIpc) is 2.64. The maximum absolute atomic E-state index is 12.3. The fraction of sp³-hybridized carbons (Fsp3) is 0.533. The van der Waals surface area contributed by atoms with Crippen LogP contribution in [0.15, 0.2) is 24.3 Å². The number of anilines is 1. The monoisotopic (exact) mass is 261 g/mol. The molecule has 2 atom stereocenters. The molecule has 0 bridgehead atoms. The van der Waals surface area contributed by atoms with E-state index in [9.17, 15) is 4.79 Å². The average molecular weight is 261 g/mol. The zero-order valence-corrected chi connectivity index (χ0v) is 11.5. The summed E-state index contributed by atoms with van der Waals surface area (Å²) in [6.07, 6.45) is 6.02. The van der Waals surface area contributed by atoms with Gasteiger partial charge in [-0.25, -0.2) is 0 Å². The SMILES string of the molecule is CC1CCCCCC1NC(=O)c1ccccc1NN. The van der Waals surface area contributed by atoms with Crippen molar-refractivity contribution in [3.63, 3.8) is 0 Å². The summed E-state index contributed by atoms with van der Waals surface area (Å²) < 4.78 is 0. The van der Waals surface area contributed by atoms with Crippen molar-refractivity contribution in [1.82, 2.24) is 5.32 Å². The number of nitrogens with two attached hydrogens (primary N) is 1. The number of carbonyl (C=O) groups excluding carboxylic acids is 1. The molecule has 4 N–H and O–H groups in total. The lowest BCUT2D eigenvalue weighted by Gasteiger charge is -2.23. The molecule has 104 valence electrons. The molecule has 1 aliphatic carbocycles. The Kier molecular flexibility index (Phi) is 4.80.